The van der Waals surface area contributed by atoms with E-state index < -0.39 is 0 Å². The number of halogens is 1. The van der Waals surface area contributed by atoms with Crippen molar-refractivity contribution in [3.8, 4) is 0 Å². The van der Waals surface area contributed by atoms with Gasteiger partial charge in [0.15, 0.2) is 0 Å². The van der Waals surface area contributed by atoms with E-state index in [9.17, 15) is 0 Å². The van der Waals surface area contributed by atoms with Gasteiger partial charge in [-0.3, -0.25) is 4.90 Å². The van der Waals surface area contributed by atoms with Crippen molar-refractivity contribution in [3.63, 3.8) is 0 Å². The molecule has 0 saturated heterocycles. The molecule has 0 spiro atoms. The minimum Gasteiger partial charge on any atom is -0.368 e. The van der Waals surface area contributed by atoms with Crippen LogP contribution in [0, 0.1) is 0 Å². The van der Waals surface area contributed by atoms with Gasteiger partial charge in [-0.05, 0) is 26.8 Å². The largest absolute Gasteiger partial charge is 0.368 e. The Labute approximate surface area is 126 Å². The summed E-state index contributed by atoms with van der Waals surface area (Å²) in [5.74, 6) is 1.58. The average Bonchev–Trinajstić information content (AvgIpc) is 3.17. The van der Waals surface area contributed by atoms with E-state index in [0.29, 0.717) is 11.2 Å². The van der Waals surface area contributed by atoms with Crippen LogP contribution in [0.3, 0.4) is 0 Å². The monoisotopic (exact) mass is 296 g/mol. The molecule has 0 aliphatic heterocycles. The van der Waals surface area contributed by atoms with Crippen molar-refractivity contribution < 1.29 is 0 Å². The van der Waals surface area contributed by atoms with E-state index in [1.807, 2.05) is 0 Å². The van der Waals surface area contributed by atoms with Crippen molar-refractivity contribution in [1.29, 1.82) is 0 Å². The van der Waals surface area contributed by atoms with Gasteiger partial charge in [-0.2, -0.15) is 0 Å². The second kappa shape index (κ2) is 5.86. The van der Waals surface area contributed by atoms with Gasteiger partial charge in [-0.25, -0.2) is 9.97 Å². The Kier molecular flexibility index (Phi) is 4.55. The van der Waals surface area contributed by atoms with E-state index in [0.717, 1.165) is 24.2 Å². The van der Waals surface area contributed by atoms with Crippen LogP contribution in [0.25, 0.3) is 0 Å². The van der Waals surface area contributed by atoms with Crippen LogP contribution in [0.5, 0.6) is 0 Å². The molecular weight excluding hydrogens is 272 g/mol. The lowest BCUT2D eigenvalue weighted by atomic mass is 9.96. The second-order valence-corrected chi connectivity index (χ2v) is 7.16. The van der Waals surface area contributed by atoms with E-state index in [2.05, 4.69) is 54.9 Å². The normalized spacial score (nSPS) is 17.4. The first kappa shape index (κ1) is 15.5. The van der Waals surface area contributed by atoms with Crippen LogP contribution < -0.4 is 5.32 Å². The van der Waals surface area contributed by atoms with E-state index in [-0.39, 0.29) is 5.41 Å². The van der Waals surface area contributed by atoms with Crippen LogP contribution in [-0.4, -0.2) is 40.5 Å². The van der Waals surface area contributed by atoms with Gasteiger partial charge in [0.25, 0.3) is 0 Å². The summed E-state index contributed by atoms with van der Waals surface area (Å²) in [5, 5.41) is 3.88. The first-order valence-electron chi connectivity index (χ1n) is 7.28. The molecule has 2 rings (SSSR count). The van der Waals surface area contributed by atoms with Gasteiger partial charge in [-0.15, -0.1) is 0 Å². The van der Waals surface area contributed by atoms with Crippen LogP contribution >= 0.6 is 11.6 Å². The standard InChI is InChI=1S/C15H25ClN4/c1-10(20(5)11-6-7-11)9-17-13-8-12(16)18-14(19-13)15(2,3)4/h8,10-11H,6-7,9H2,1-5H3,(H,17,18,19). The molecule has 1 unspecified atom stereocenters. The molecule has 0 amide bonds. The van der Waals surface area contributed by atoms with Gasteiger partial charge in [0, 0.05) is 30.1 Å². The summed E-state index contributed by atoms with van der Waals surface area (Å²) in [5.41, 5.74) is -0.0995. The number of hydrogen-bond donors (Lipinski definition) is 1. The lowest BCUT2D eigenvalue weighted by Gasteiger charge is -2.25. The fourth-order valence-electron chi connectivity index (χ4n) is 2.08. The van der Waals surface area contributed by atoms with Crippen molar-refractivity contribution in [1.82, 2.24) is 14.9 Å². The van der Waals surface area contributed by atoms with Gasteiger partial charge in [-0.1, -0.05) is 32.4 Å². The van der Waals surface area contributed by atoms with Gasteiger partial charge in [0.05, 0.1) is 0 Å². The molecule has 4 nitrogen and oxygen atoms in total. The minimum atomic E-state index is -0.0995. The topological polar surface area (TPSA) is 41.1 Å². The Morgan fingerprint density at radius 1 is 1.40 bits per heavy atom. The zero-order valence-corrected chi connectivity index (χ0v) is 13.8. The lowest BCUT2D eigenvalue weighted by Crippen LogP contribution is -2.36. The highest BCUT2D eigenvalue weighted by atomic mass is 35.5. The maximum Gasteiger partial charge on any atom is 0.137 e. The highest BCUT2D eigenvalue weighted by Crippen LogP contribution is 2.27. The number of anilines is 1. The summed E-state index contributed by atoms with van der Waals surface area (Å²) in [6.07, 6.45) is 2.66. The molecule has 1 heterocycles. The molecule has 1 N–H and O–H groups in total. The summed E-state index contributed by atoms with van der Waals surface area (Å²) in [6.45, 7) is 9.37. The molecule has 0 bridgehead atoms. The first-order chi connectivity index (χ1) is 9.27. The van der Waals surface area contributed by atoms with Crippen molar-refractivity contribution in [2.75, 3.05) is 18.9 Å². The van der Waals surface area contributed by atoms with E-state index in [1.54, 1.807) is 6.07 Å². The van der Waals surface area contributed by atoms with Gasteiger partial charge in [0.1, 0.15) is 16.8 Å². The van der Waals surface area contributed by atoms with Crippen LogP contribution in [-0.2, 0) is 5.41 Å². The molecule has 5 heteroatoms. The second-order valence-electron chi connectivity index (χ2n) is 6.78. The Hall–Kier alpha value is -0.870. The third kappa shape index (κ3) is 4.06. The number of likely N-dealkylation sites (N-methyl/N-ethyl adjacent to an activating group) is 1. The van der Waals surface area contributed by atoms with E-state index >= 15 is 0 Å². The number of rotatable bonds is 5. The quantitative estimate of drug-likeness (QED) is 0.846. The van der Waals surface area contributed by atoms with E-state index in [1.165, 1.54) is 12.8 Å². The first-order valence-corrected chi connectivity index (χ1v) is 7.66. The Bertz CT molecular complexity index is 465. The molecule has 0 aromatic carbocycles. The van der Waals surface area contributed by atoms with Crippen molar-refractivity contribution in [2.45, 2.75) is 58.0 Å². The van der Waals surface area contributed by atoms with Crippen LogP contribution in [0.1, 0.15) is 46.4 Å². The van der Waals surface area contributed by atoms with Crippen LogP contribution in [0.2, 0.25) is 5.15 Å². The Morgan fingerprint density at radius 2 is 2.05 bits per heavy atom. The molecule has 1 fully saturated rings. The van der Waals surface area contributed by atoms with Gasteiger partial charge < -0.3 is 5.32 Å². The molecule has 1 atom stereocenters. The Balaban J connectivity index is 2.00. The third-order valence-corrected chi connectivity index (χ3v) is 3.96. The summed E-state index contributed by atoms with van der Waals surface area (Å²) in [7, 11) is 2.19. The highest BCUT2D eigenvalue weighted by molar-refractivity contribution is 6.29. The zero-order valence-electron chi connectivity index (χ0n) is 13.1. The van der Waals surface area contributed by atoms with Gasteiger partial charge in [0.2, 0.25) is 0 Å². The van der Waals surface area contributed by atoms with Crippen molar-refractivity contribution in [3.05, 3.63) is 17.0 Å². The summed E-state index contributed by atoms with van der Waals surface area (Å²) < 4.78 is 0. The fourth-order valence-corrected chi connectivity index (χ4v) is 2.26. The molecule has 1 aromatic heterocycles. The van der Waals surface area contributed by atoms with Crippen LogP contribution in [0.15, 0.2) is 6.07 Å². The predicted octanol–water partition coefficient (Wildman–Crippen LogP) is 3.32. The molecule has 20 heavy (non-hydrogen) atoms. The predicted molar refractivity (Wildman–Crippen MR) is 84.5 cm³/mol. The molecule has 1 saturated carbocycles. The maximum atomic E-state index is 6.09. The minimum absolute atomic E-state index is 0.0995. The molecular formula is C15H25ClN4. The van der Waals surface area contributed by atoms with Gasteiger partial charge >= 0.3 is 0 Å². The number of nitrogens with one attached hydrogen (secondary N) is 1. The van der Waals surface area contributed by atoms with Crippen molar-refractivity contribution >= 4 is 17.4 Å². The Morgan fingerprint density at radius 3 is 2.60 bits per heavy atom. The molecule has 0 radical (unpaired) electrons. The molecule has 1 aromatic rings. The highest BCUT2D eigenvalue weighted by Gasteiger charge is 2.29. The third-order valence-electron chi connectivity index (χ3n) is 3.76. The van der Waals surface area contributed by atoms with Crippen LogP contribution in [0.4, 0.5) is 5.82 Å². The average molecular weight is 297 g/mol. The molecule has 1 aliphatic rings. The summed E-state index contributed by atoms with van der Waals surface area (Å²) in [6, 6.07) is 3.04. The summed E-state index contributed by atoms with van der Waals surface area (Å²) >= 11 is 6.09. The number of nitrogens with zero attached hydrogens (tertiary/aromatic N) is 3. The zero-order chi connectivity index (χ0) is 14.9. The maximum absolute atomic E-state index is 6.09. The fraction of sp³-hybridized carbons (Fsp3) is 0.733. The van der Waals surface area contributed by atoms with E-state index in [4.69, 9.17) is 11.6 Å². The molecule has 112 valence electrons. The van der Waals surface area contributed by atoms with Crippen molar-refractivity contribution in [2.24, 2.45) is 0 Å². The summed E-state index contributed by atoms with van der Waals surface area (Å²) in [4.78, 5) is 11.3. The molecule has 1 aliphatic carbocycles. The number of aromatic nitrogens is 2. The number of hydrogen-bond acceptors (Lipinski definition) is 4. The smallest absolute Gasteiger partial charge is 0.137 e. The SMILES string of the molecule is CC(CNc1cc(Cl)nc(C(C)(C)C)n1)N(C)C1CC1. The lowest BCUT2D eigenvalue weighted by molar-refractivity contribution is 0.257.